The molecule has 0 aliphatic carbocycles. The summed E-state index contributed by atoms with van der Waals surface area (Å²) >= 11 is 0. The van der Waals surface area contributed by atoms with Gasteiger partial charge < -0.3 is 9.84 Å². The van der Waals surface area contributed by atoms with E-state index in [0.29, 0.717) is 5.78 Å². The number of aromatic nitrogens is 5. The Hall–Kier alpha value is -4.02. The summed E-state index contributed by atoms with van der Waals surface area (Å²) in [6, 6.07) is 7.73. The average Bonchev–Trinajstić information content (AvgIpc) is 3.18. The summed E-state index contributed by atoms with van der Waals surface area (Å²) in [7, 11) is 1.63. The fourth-order valence-corrected chi connectivity index (χ4v) is 2.39. The number of halogens is 3. The Morgan fingerprint density at radius 3 is 2.53 bits per heavy atom. The van der Waals surface area contributed by atoms with Crippen molar-refractivity contribution >= 4 is 11.7 Å². The van der Waals surface area contributed by atoms with E-state index < -0.39 is 12.1 Å². The second-order valence-corrected chi connectivity index (χ2v) is 5.80. The van der Waals surface area contributed by atoms with E-state index in [4.69, 9.17) is 14.6 Å². The van der Waals surface area contributed by atoms with E-state index in [1.165, 1.54) is 0 Å². The monoisotopic (exact) mass is 417 g/mol. The number of imidazole rings is 1. The zero-order chi connectivity index (χ0) is 21.7. The zero-order valence-corrected chi connectivity index (χ0v) is 15.4. The van der Waals surface area contributed by atoms with E-state index in [9.17, 15) is 13.2 Å². The number of rotatable bonds is 3. The van der Waals surface area contributed by atoms with Gasteiger partial charge in [0.1, 0.15) is 11.4 Å². The zero-order valence-electron chi connectivity index (χ0n) is 15.4. The van der Waals surface area contributed by atoms with E-state index in [2.05, 4.69) is 19.9 Å². The Labute approximate surface area is 167 Å². The first-order valence-electron chi connectivity index (χ1n) is 8.33. The normalized spacial score (nSPS) is 10.9. The molecule has 0 saturated heterocycles. The lowest BCUT2D eigenvalue weighted by molar-refractivity contribution is -0.192. The molecule has 1 N–H and O–H groups in total. The van der Waals surface area contributed by atoms with Crippen molar-refractivity contribution in [1.29, 1.82) is 0 Å². The van der Waals surface area contributed by atoms with Crippen molar-refractivity contribution in [2.24, 2.45) is 0 Å². The van der Waals surface area contributed by atoms with Crippen molar-refractivity contribution < 1.29 is 27.8 Å². The van der Waals surface area contributed by atoms with E-state index >= 15 is 0 Å². The molecular formula is C19H14F3N5O3. The highest BCUT2D eigenvalue weighted by atomic mass is 19.4. The number of methoxy groups -OCH3 is 1. The van der Waals surface area contributed by atoms with Crippen LogP contribution in [-0.2, 0) is 4.79 Å². The summed E-state index contributed by atoms with van der Waals surface area (Å²) in [5.41, 5.74) is 3.54. The van der Waals surface area contributed by atoms with Crippen LogP contribution < -0.4 is 4.74 Å². The van der Waals surface area contributed by atoms with Crippen LogP contribution in [0.4, 0.5) is 13.2 Å². The first-order chi connectivity index (χ1) is 14.3. The Kier molecular flexibility index (Phi) is 5.90. The van der Waals surface area contributed by atoms with Gasteiger partial charge in [-0.25, -0.2) is 14.8 Å². The van der Waals surface area contributed by atoms with Crippen molar-refractivity contribution in [1.82, 2.24) is 24.3 Å². The van der Waals surface area contributed by atoms with Crippen LogP contribution in [0.2, 0.25) is 0 Å². The molecule has 0 fully saturated rings. The summed E-state index contributed by atoms with van der Waals surface area (Å²) in [6.07, 6.45) is 5.71. The van der Waals surface area contributed by atoms with Crippen molar-refractivity contribution in [3.63, 3.8) is 0 Å². The number of hydrogen-bond donors (Lipinski definition) is 1. The van der Waals surface area contributed by atoms with Gasteiger partial charge in [-0.05, 0) is 29.8 Å². The SMILES string of the molecule is COc1cncc(-c2ccnc(-c3cn4cccnc4n3)c2)c1.O=C(O)C(F)(F)F. The van der Waals surface area contributed by atoms with Crippen molar-refractivity contribution in [3.8, 4) is 28.3 Å². The molecule has 0 atom stereocenters. The Bertz CT molecular complexity index is 1140. The molecule has 0 amide bonds. The maximum Gasteiger partial charge on any atom is 0.490 e. The van der Waals surface area contributed by atoms with Crippen LogP contribution in [0.15, 0.2) is 61.4 Å². The van der Waals surface area contributed by atoms with Crippen molar-refractivity contribution in [2.45, 2.75) is 6.18 Å². The molecule has 0 aliphatic heterocycles. The smallest absolute Gasteiger partial charge is 0.490 e. The van der Waals surface area contributed by atoms with Gasteiger partial charge in [0.2, 0.25) is 5.78 Å². The highest BCUT2D eigenvalue weighted by Crippen LogP contribution is 2.25. The van der Waals surface area contributed by atoms with Crippen LogP contribution in [0.3, 0.4) is 0 Å². The van der Waals surface area contributed by atoms with Gasteiger partial charge in [-0.15, -0.1) is 0 Å². The van der Waals surface area contributed by atoms with Crippen molar-refractivity contribution in [3.05, 3.63) is 61.4 Å². The average molecular weight is 417 g/mol. The summed E-state index contributed by atoms with van der Waals surface area (Å²) in [5.74, 6) is -1.39. The fourth-order valence-electron chi connectivity index (χ4n) is 2.39. The molecule has 30 heavy (non-hydrogen) atoms. The number of fused-ring (bicyclic) bond motifs is 1. The molecule has 0 radical (unpaired) electrons. The maximum absolute atomic E-state index is 10.6. The molecular weight excluding hydrogens is 403 g/mol. The molecule has 4 heterocycles. The molecule has 8 nitrogen and oxygen atoms in total. The lowest BCUT2D eigenvalue weighted by Gasteiger charge is -2.05. The number of ether oxygens (including phenoxy) is 1. The van der Waals surface area contributed by atoms with Gasteiger partial charge in [0, 0.05) is 36.5 Å². The maximum atomic E-state index is 10.6. The predicted molar refractivity (Wildman–Crippen MR) is 99.7 cm³/mol. The molecule has 4 rings (SSSR count). The summed E-state index contributed by atoms with van der Waals surface area (Å²) in [6.45, 7) is 0. The third-order valence-corrected chi connectivity index (χ3v) is 3.78. The lowest BCUT2D eigenvalue weighted by atomic mass is 10.1. The van der Waals surface area contributed by atoms with Crippen LogP contribution in [-0.4, -0.2) is 48.7 Å². The molecule has 0 aromatic carbocycles. The number of carboxylic acid groups (broad SMARTS) is 1. The van der Waals surface area contributed by atoms with Gasteiger partial charge in [-0.2, -0.15) is 13.2 Å². The summed E-state index contributed by atoms with van der Waals surface area (Å²) in [5, 5.41) is 7.12. The highest BCUT2D eigenvalue weighted by Gasteiger charge is 2.38. The second-order valence-electron chi connectivity index (χ2n) is 5.80. The van der Waals surface area contributed by atoms with E-state index in [1.807, 2.05) is 41.1 Å². The third-order valence-electron chi connectivity index (χ3n) is 3.78. The van der Waals surface area contributed by atoms with Gasteiger partial charge in [0.15, 0.2) is 0 Å². The van der Waals surface area contributed by atoms with E-state index in [0.717, 1.165) is 28.3 Å². The van der Waals surface area contributed by atoms with Crippen LogP contribution >= 0.6 is 0 Å². The number of pyridine rings is 2. The predicted octanol–water partition coefficient (Wildman–Crippen LogP) is 3.50. The summed E-state index contributed by atoms with van der Waals surface area (Å²) in [4.78, 5) is 26.2. The molecule has 4 aromatic heterocycles. The minimum Gasteiger partial charge on any atom is -0.495 e. The Morgan fingerprint density at radius 1 is 1.10 bits per heavy atom. The second kappa shape index (κ2) is 8.55. The molecule has 0 saturated carbocycles. The van der Waals surface area contributed by atoms with Gasteiger partial charge in [-0.3, -0.25) is 14.4 Å². The van der Waals surface area contributed by atoms with E-state index in [1.54, 1.807) is 31.9 Å². The number of nitrogens with zero attached hydrogens (tertiary/aromatic N) is 5. The minimum atomic E-state index is -5.08. The van der Waals surface area contributed by atoms with Crippen LogP contribution in [0.1, 0.15) is 0 Å². The van der Waals surface area contributed by atoms with E-state index in [-0.39, 0.29) is 0 Å². The molecule has 4 aromatic rings. The molecule has 154 valence electrons. The summed E-state index contributed by atoms with van der Waals surface area (Å²) < 4.78 is 38.8. The fraction of sp³-hybridized carbons (Fsp3) is 0.105. The van der Waals surface area contributed by atoms with Gasteiger partial charge in [-0.1, -0.05) is 0 Å². The van der Waals surface area contributed by atoms with Gasteiger partial charge in [0.05, 0.1) is 19.0 Å². The number of aliphatic carboxylic acids is 1. The van der Waals surface area contributed by atoms with Crippen LogP contribution in [0.25, 0.3) is 28.3 Å². The third kappa shape index (κ3) is 4.87. The van der Waals surface area contributed by atoms with Gasteiger partial charge in [0.25, 0.3) is 0 Å². The molecule has 0 unspecified atom stereocenters. The molecule has 0 aliphatic rings. The standard InChI is InChI=1S/C17H13N5O.C2HF3O2/c1-23-14-7-13(9-18-10-14)12-3-5-19-15(8-12)16-11-22-6-2-4-20-17(22)21-16;3-2(4,5)1(6)7/h2-11H,1H3;(H,6,7). The highest BCUT2D eigenvalue weighted by molar-refractivity contribution is 5.73. The largest absolute Gasteiger partial charge is 0.495 e. The Balaban J connectivity index is 0.000000318. The quantitative estimate of drug-likeness (QED) is 0.544. The Morgan fingerprint density at radius 2 is 1.87 bits per heavy atom. The minimum absolute atomic E-state index is 0.651. The number of hydrogen-bond acceptors (Lipinski definition) is 6. The molecule has 11 heteroatoms. The number of alkyl halides is 3. The molecule has 0 bridgehead atoms. The topological polar surface area (TPSA) is 103 Å². The number of carboxylic acids is 1. The molecule has 0 spiro atoms. The van der Waals surface area contributed by atoms with Gasteiger partial charge >= 0.3 is 12.1 Å². The first kappa shape index (κ1) is 20.7. The van der Waals surface area contributed by atoms with Crippen molar-refractivity contribution in [2.75, 3.05) is 7.11 Å². The lowest BCUT2D eigenvalue weighted by Crippen LogP contribution is -2.21. The number of carbonyl (C=O) groups is 1. The van der Waals surface area contributed by atoms with Crippen LogP contribution in [0, 0.1) is 0 Å². The first-order valence-corrected chi connectivity index (χ1v) is 8.33. The van der Waals surface area contributed by atoms with Crippen LogP contribution in [0.5, 0.6) is 5.75 Å².